The Morgan fingerprint density at radius 2 is 2.23 bits per heavy atom. The van der Waals surface area contributed by atoms with E-state index in [9.17, 15) is 9.90 Å². The molecule has 0 bridgehead atoms. The van der Waals surface area contributed by atoms with Gasteiger partial charge in [0, 0.05) is 17.5 Å². The first-order valence-electron chi connectivity index (χ1n) is 7.90. The SMILES string of the molecule is CCCC(C)(CO)NC(=O)NC(C)C1COc2ccccc21. The van der Waals surface area contributed by atoms with E-state index in [1.165, 1.54) is 0 Å². The molecule has 3 atom stereocenters. The zero-order chi connectivity index (χ0) is 16.2. The molecule has 2 amide bonds. The summed E-state index contributed by atoms with van der Waals surface area (Å²) in [6, 6.07) is 7.63. The molecule has 0 saturated carbocycles. The molecular weight excluding hydrogens is 280 g/mol. The van der Waals surface area contributed by atoms with Gasteiger partial charge in [0.05, 0.1) is 18.8 Å². The van der Waals surface area contributed by atoms with Gasteiger partial charge in [-0.3, -0.25) is 0 Å². The van der Waals surface area contributed by atoms with Gasteiger partial charge in [-0.25, -0.2) is 4.79 Å². The van der Waals surface area contributed by atoms with Gasteiger partial charge in [-0.15, -0.1) is 0 Å². The summed E-state index contributed by atoms with van der Waals surface area (Å²) >= 11 is 0. The number of fused-ring (bicyclic) bond motifs is 1. The first-order valence-corrected chi connectivity index (χ1v) is 7.90. The smallest absolute Gasteiger partial charge is 0.315 e. The van der Waals surface area contributed by atoms with Crippen LogP contribution in [0, 0.1) is 0 Å². The predicted octanol–water partition coefficient (Wildman–Crippen LogP) is 2.40. The normalized spacial score (nSPS) is 20.5. The highest BCUT2D eigenvalue weighted by molar-refractivity contribution is 5.75. The van der Waals surface area contributed by atoms with Crippen molar-refractivity contribution in [1.82, 2.24) is 10.6 Å². The van der Waals surface area contributed by atoms with Gasteiger partial charge in [0.15, 0.2) is 0 Å². The van der Waals surface area contributed by atoms with E-state index in [1.54, 1.807) is 0 Å². The molecule has 0 aromatic heterocycles. The molecule has 0 saturated heterocycles. The zero-order valence-electron chi connectivity index (χ0n) is 13.6. The van der Waals surface area contributed by atoms with Gasteiger partial charge < -0.3 is 20.5 Å². The fourth-order valence-electron chi connectivity index (χ4n) is 2.95. The van der Waals surface area contributed by atoms with Gasteiger partial charge >= 0.3 is 6.03 Å². The number of benzene rings is 1. The molecule has 1 aromatic rings. The summed E-state index contributed by atoms with van der Waals surface area (Å²) in [6.45, 7) is 6.37. The van der Waals surface area contributed by atoms with Crippen molar-refractivity contribution in [2.24, 2.45) is 0 Å². The molecule has 1 aromatic carbocycles. The highest BCUT2D eigenvalue weighted by atomic mass is 16.5. The van der Waals surface area contributed by atoms with Crippen LogP contribution in [-0.4, -0.2) is 35.9 Å². The van der Waals surface area contributed by atoms with E-state index in [1.807, 2.05) is 45.0 Å². The molecular formula is C17H26N2O3. The van der Waals surface area contributed by atoms with E-state index in [2.05, 4.69) is 10.6 Å². The maximum atomic E-state index is 12.2. The highest BCUT2D eigenvalue weighted by Gasteiger charge is 2.31. The Morgan fingerprint density at radius 3 is 2.91 bits per heavy atom. The summed E-state index contributed by atoms with van der Waals surface area (Å²) in [6.07, 6.45) is 1.64. The first kappa shape index (κ1) is 16.6. The Kier molecular flexibility index (Phi) is 5.29. The monoisotopic (exact) mass is 306 g/mol. The average molecular weight is 306 g/mol. The predicted molar refractivity (Wildman–Crippen MR) is 86.2 cm³/mol. The molecule has 0 radical (unpaired) electrons. The lowest BCUT2D eigenvalue weighted by atomic mass is 9.94. The van der Waals surface area contributed by atoms with Crippen molar-refractivity contribution in [3.05, 3.63) is 29.8 Å². The molecule has 1 aliphatic heterocycles. The number of nitrogens with one attached hydrogen (secondary N) is 2. The van der Waals surface area contributed by atoms with Crippen LogP contribution in [-0.2, 0) is 0 Å². The number of rotatable bonds is 6. The van der Waals surface area contributed by atoms with E-state index < -0.39 is 5.54 Å². The van der Waals surface area contributed by atoms with E-state index in [0.29, 0.717) is 6.61 Å². The first-order chi connectivity index (χ1) is 10.5. The Bertz CT molecular complexity index is 520. The molecule has 2 rings (SSSR count). The Hall–Kier alpha value is -1.75. The summed E-state index contributed by atoms with van der Waals surface area (Å²) in [7, 11) is 0. The van der Waals surface area contributed by atoms with Crippen molar-refractivity contribution in [2.45, 2.75) is 51.1 Å². The minimum Gasteiger partial charge on any atom is -0.493 e. The van der Waals surface area contributed by atoms with Crippen LogP contribution in [0.2, 0.25) is 0 Å². The van der Waals surface area contributed by atoms with Crippen molar-refractivity contribution >= 4 is 6.03 Å². The number of hydrogen-bond donors (Lipinski definition) is 3. The topological polar surface area (TPSA) is 70.6 Å². The number of carbonyl (C=O) groups is 1. The van der Waals surface area contributed by atoms with E-state index in [0.717, 1.165) is 24.2 Å². The average Bonchev–Trinajstić information content (AvgIpc) is 2.91. The molecule has 1 heterocycles. The fourth-order valence-corrected chi connectivity index (χ4v) is 2.95. The molecule has 5 nitrogen and oxygen atoms in total. The summed E-state index contributed by atoms with van der Waals surface area (Å²) in [5, 5.41) is 15.3. The maximum absolute atomic E-state index is 12.2. The Morgan fingerprint density at radius 1 is 1.50 bits per heavy atom. The molecule has 5 heteroatoms. The third-order valence-electron chi connectivity index (χ3n) is 4.27. The van der Waals surface area contributed by atoms with Crippen molar-refractivity contribution < 1.29 is 14.6 Å². The number of ether oxygens (including phenoxy) is 1. The maximum Gasteiger partial charge on any atom is 0.315 e. The Balaban J connectivity index is 1.95. The van der Waals surface area contributed by atoms with E-state index in [-0.39, 0.29) is 24.6 Å². The quantitative estimate of drug-likeness (QED) is 0.756. The minimum absolute atomic E-state index is 0.0479. The van der Waals surface area contributed by atoms with Crippen molar-refractivity contribution in [3.63, 3.8) is 0 Å². The number of hydrogen-bond acceptors (Lipinski definition) is 3. The lowest BCUT2D eigenvalue weighted by Gasteiger charge is -2.30. The second kappa shape index (κ2) is 7.01. The van der Waals surface area contributed by atoms with Crippen LogP contribution in [0.1, 0.15) is 45.1 Å². The molecule has 3 N–H and O–H groups in total. The van der Waals surface area contributed by atoms with Gasteiger partial charge in [-0.1, -0.05) is 31.5 Å². The molecule has 22 heavy (non-hydrogen) atoms. The summed E-state index contributed by atoms with van der Waals surface area (Å²) in [4.78, 5) is 12.2. The number of aliphatic hydroxyl groups is 1. The number of para-hydroxylation sites is 1. The second-order valence-electron chi connectivity index (χ2n) is 6.31. The summed E-state index contributed by atoms with van der Waals surface area (Å²) in [5.41, 5.74) is 0.552. The number of amides is 2. The van der Waals surface area contributed by atoms with Crippen LogP contribution < -0.4 is 15.4 Å². The van der Waals surface area contributed by atoms with Crippen molar-refractivity contribution in [2.75, 3.05) is 13.2 Å². The standard InChI is InChI=1S/C17H26N2O3/c1-4-9-17(3,11-20)19-16(21)18-12(2)14-10-22-15-8-6-5-7-13(14)15/h5-8,12,14,20H,4,9-11H2,1-3H3,(H2,18,19,21). The minimum atomic E-state index is -0.581. The molecule has 1 aliphatic rings. The second-order valence-corrected chi connectivity index (χ2v) is 6.31. The molecule has 3 unspecified atom stereocenters. The number of urea groups is 1. The van der Waals surface area contributed by atoms with Crippen LogP contribution in [0.5, 0.6) is 5.75 Å². The highest BCUT2D eigenvalue weighted by Crippen LogP contribution is 2.35. The van der Waals surface area contributed by atoms with Gasteiger partial charge in [-0.2, -0.15) is 0 Å². The van der Waals surface area contributed by atoms with E-state index in [4.69, 9.17) is 4.74 Å². The van der Waals surface area contributed by atoms with Crippen LogP contribution in [0.3, 0.4) is 0 Å². The van der Waals surface area contributed by atoms with Gasteiger partial charge in [-0.05, 0) is 26.3 Å². The van der Waals surface area contributed by atoms with Gasteiger partial charge in [0.25, 0.3) is 0 Å². The summed E-state index contributed by atoms with van der Waals surface area (Å²) < 4.78 is 5.66. The lowest BCUT2D eigenvalue weighted by Crippen LogP contribution is -2.54. The largest absolute Gasteiger partial charge is 0.493 e. The van der Waals surface area contributed by atoms with Crippen LogP contribution in [0.15, 0.2) is 24.3 Å². The van der Waals surface area contributed by atoms with Gasteiger partial charge in [0.1, 0.15) is 5.75 Å². The van der Waals surface area contributed by atoms with Gasteiger partial charge in [0.2, 0.25) is 0 Å². The van der Waals surface area contributed by atoms with Crippen LogP contribution in [0.4, 0.5) is 4.79 Å². The molecule has 0 spiro atoms. The van der Waals surface area contributed by atoms with Crippen LogP contribution in [0.25, 0.3) is 0 Å². The third-order valence-corrected chi connectivity index (χ3v) is 4.27. The lowest BCUT2D eigenvalue weighted by molar-refractivity contribution is 0.161. The van der Waals surface area contributed by atoms with Crippen molar-refractivity contribution in [1.29, 1.82) is 0 Å². The fraction of sp³-hybridized carbons (Fsp3) is 0.588. The van der Waals surface area contributed by atoms with Crippen molar-refractivity contribution in [3.8, 4) is 5.75 Å². The Labute approximate surface area is 132 Å². The molecule has 0 fully saturated rings. The number of aliphatic hydroxyl groups excluding tert-OH is 1. The molecule has 0 aliphatic carbocycles. The zero-order valence-corrected chi connectivity index (χ0v) is 13.6. The van der Waals surface area contributed by atoms with E-state index >= 15 is 0 Å². The molecule has 122 valence electrons. The number of carbonyl (C=O) groups excluding carboxylic acids is 1. The van der Waals surface area contributed by atoms with Crippen LogP contribution >= 0.6 is 0 Å². The third kappa shape index (κ3) is 3.71. The summed E-state index contributed by atoms with van der Waals surface area (Å²) in [5.74, 6) is 1.04.